The smallest absolute Gasteiger partial charge is 0.337 e. The summed E-state index contributed by atoms with van der Waals surface area (Å²) in [6, 6.07) is 13.3. The highest BCUT2D eigenvalue weighted by Crippen LogP contribution is 2.36. The van der Waals surface area contributed by atoms with E-state index in [0.29, 0.717) is 22.4 Å². The number of carbonyl (C=O) groups excluding carboxylic acids is 2. The van der Waals surface area contributed by atoms with Gasteiger partial charge in [0.05, 0.1) is 19.7 Å². The predicted molar refractivity (Wildman–Crippen MR) is 103 cm³/mol. The molecule has 0 saturated heterocycles. The molecule has 0 spiro atoms. The monoisotopic (exact) mass is 363 g/mol. The summed E-state index contributed by atoms with van der Waals surface area (Å²) in [5.41, 5.74) is 1.58. The first-order chi connectivity index (χ1) is 13.1. The first-order valence-electron chi connectivity index (χ1n) is 8.26. The van der Waals surface area contributed by atoms with Crippen LogP contribution in [0.1, 0.15) is 22.0 Å². The van der Waals surface area contributed by atoms with E-state index < -0.39 is 12.0 Å². The van der Waals surface area contributed by atoms with Crippen molar-refractivity contribution >= 4 is 30.8 Å². The molecule has 8 heteroatoms. The summed E-state index contributed by atoms with van der Waals surface area (Å²) in [5, 5.41) is 8.50. The van der Waals surface area contributed by atoms with Gasteiger partial charge in [0.15, 0.2) is 6.04 Å². The molecule has 27 heavy (non-hydrogen) atoms. The van der Waals surface area contributed by atoms with Crippen molar-refractivity contribution in [3.05, 3.63) is 65.9 Å². The molecule has 136 valence electrons. The maximum Gasteiger partial charge on any atom is 0.337 e. The molecule has 0 aliphatic heterocycles. The van der Waals surface area contributed by atoms with Crippen LogP contribution in [-0.2, 0) is 9.53 Å². The largest absolute Gasteiger partial charge is 0.494 e. The number of benzene rings is 2. The van der Waals surface area contributed by atoms with Crippen molar-refractivity contribution in [1.29, 1.82) is 0 Å². The SMILES string of the molecule is BN=NC(C(=O)OC)c1ccc2ccn(C(=O)c3ccccc3)c2c1OC. The Morgan fingerprint density at radius 1 is 1.07 bits per heavy atom. The van der Waals surface area contributed by atoms with Crippen LogP contribution in [-0.4, -0.2) is 38.6 Å². The van der Waals surface area contributed by atoms with E-state index >= 15 is 0 Å². The average molecular weight is 363 g/mol. The van der Waals surface area contributed by atoms with Crippen molar-refractivity contribution in [2.75, 3.05) is 14.2 Å². The first kappa shape index (κ1) is 18.4. The number of fused-ring (bicyclic) bond motifs is 1. The molecule has 1 atom stereocenters. The summed E-state index contributed by atoms with van der Waals surface area (Å²) in [7, 11) is 4.25. The number of hydrogen-bond donors (Lipinski definition) is 0. The summed E-state index contributed by atoms with van der Waals surface area (Å²) in [5.74, 6) is -0.386. The van der Waals surface area contributed by atoms with E-state index in [-0.39, 0.29) is 5.91 Å². The highest BCUT2D eigenvalue weighted by molar-refractivity contribution is 6.05. The van der Waals surface area contributed by atoms with Crippen molar-refractivity contribution in [1.82, 2.24) is 4.57 Å². The van der Waals surface area contributed by atoms with Gasteiger partial charge in [-0.25, -0.2) is 4.79 Å². The molecule has 0 amide bonds. The van der Waals surface area contributed by atoms with Crippen molar-refractivity contribution in [3.63, 3.8) is 0 Å². The van der Waals surface area contributed by atoms with Crippen LogP contribution in [0.5, 0.6) is 5.75 Å². The van der Waals surface area contributed by atoms with E-state index in [4.69, 9.17) is 9.47 Å². The Kier molecular flexibility index (Phi) is 5.35. The van der Waals surface area contributed by atoms with Crippen molar-refractivity contribution in [3.8, 4) is 5.75 Å². The lowest BCUT2D eigenvalue weighted by Gasteiger charge is -2.16. The lowest BCUT2D eigenvalue weighted by Crippen LogP contribution is -2.15. The summed E-state index contributed by atoms with van der Waals surface area (Å²) in [4.78, 5) is 25.1. The van der Waals surface area contributed by atoms with Crippen molar-refractivity contribution in [2.24, 2.45) is 10.1 Å². The quantitative estimate of drug-likeness (QED) is 0.396. The molecule has 0 fully saturated rings. The normalized spacial score (nSPS) is 12.2. The molecule has 1 unspecified atom stereocenters. The van der Waals surface area contributed by atoms with E-state index in [0.717, 1.165) is 5.39 Å². The molecule has 3 aromatic rings. The highest BCUT2D eigenvalue weighted by atomic mass is 16.5. The Balaban J connectivity index is 2.22. The number of ether oxygens (including phenoxy) is 2. The zero-order valence-corrected chi connectivity index (χ0v) is 15.2. The van der Waals surface area contributed by atoms with Gasteiger partial charge in [-0.1, -0.05) is 30.3 Å². The number of carbonyl (C=O) groups is 2. The number of esters is 1. The van der Waals surface area contributed by atoms with Crippen LogP contribution in [0.25, 0.3) is 10.9 Å². The van der Waals surface area contributed by atoms with E-state index in [2.05, 4.69) is 10.1 Å². The molecule has 0 radical (unpaired) electrons. The Hall–Kier alpha value is -3.42. The molecule has 0 bridgehead atoms. The highest BCUT2D eigenvalue weighted by Gasteiger charge is 2.27. The minimum Gasteiger partial charge on any atom is -0.494 e. The van der Waals surface area contributed by atoms with Gasteiger partial charge in [0.25, 0.3) is 13.9 Å². The minimum absolute atomic E-state index is 0.201. The third kappa shape index (κ3) is 3.33. The Labute approximate surface area is 157 Å². The van der Waals surface area contributed by atoms with Crippen molar-refractivity contribution < 1.29 is 19.1 Å². The molecule has 0 aliphatic carbocycles. The van der Waals surface area contributed by atoms with Crippen LogP contribution >= 0.6 is 0 Å². The van der Waals surface area contributed by atoms with Gasteiger partial charge in [-0.2, -0.15) is 5.11 Å². The van der Waals surface area contributed by atoms with Gasteiger partial charge < -0.3 is 9.47 Å². The Morgan fingerprint density at radius 2 is 1.81 bits per heavy atom. The number of rotatable bonds is 5. The maximum atomic E-state index is 13.0. The maximum absolute atomic E-state index is 13.0. The van der Waals surface area contributed by atoms with E-state index in [9.17, 15) is 9.59 Å². The van der Waals surface area contributed by atoms with Gasteiger partial charge in [0.1, 0.15) is 5.75 Å². The van der Waals surface area contributed by atoms with Gasteiger partial charge >= 0.3 is 5.97 Å². The average Bonchev–Trinajstić information content (AvgIpc) is 3.15. The number of methoxy groups -OCH3 is 2. The molecule has 2 aromatic carbocycles. The number of nitrogens with zero attached hydrogens (tertiary/aromatic N) is 3. The lowest BCUT2D eigenvalue weighted by atomic mass is 10.0. The standard InChI is InChI=1S/C19H18BN3O4/c1-26-17-14(15(21-22-20)19(25)27-2)9-8-12-10-11-23(16(12)17)18(24)13-6-4-3-5-7-13/h3-11,15H,20H2,1-2H3. The molecule has 3 rings (SSSR count). The van der Waals surface area contributed by atoms with Crippen LogP contribution < -0.4 is 4.74 Å². The van der Waals surface area contributed by atoms with Crippen LogP contribution in [0, 0.1) is 0 Å². The number of hydrogen-bond acceptors (Lipinski definition) is 6. The van der Waals surface area contributed by atoms with Gasteiger partial charge in [-0.05, 0) is 18.2 Å². The molecule has 1 heterocycles. The second kappa shape index (κ2) is 7.86. The molecule has 7 nitrogen and oxygen atoms in total. The van der Waals surface area contributed by atoms with Gasteiger partial charge in [0, 0.05) is 22.7 Å². The molecule has 1 aromatic heterocycles. The van der Waals surface area contributed by atoms with Crippen LogP contribution in [0.15, 0.2) is 64.9 Å². The third-order valence-corrected chi connectivity index (χ3v) is 4.23. The second-order valence-corrected chi connectivity index (χ2v) is 5.72. The van der Waals surface area contributed by atoms with Crippen LogP contribution in [0.4, 0.5) is 0 Å². The predicted octanol–water partition coefficient (Wildman–Crippen LogP) is 2.55. The Bertz CT molecular complexity index is 1010. The van der Waals surface area contributed by atoms with E-state index in [1.54, 1.807) is 36.5 Å². The lowest BCUT2D eigenvalue weighted by molar-refractivity contribution is -0.142. The summed E-state index contributed by atoms with van der Waals surface area (Å²) in [6.07, 6.45) is 1.68. The van der Waals surface area contributed by atoms with Crippen LogP contribution in [0.2, 0.25) is 0 Å². The van der Waals surface area contributed by atoms with Crippen LogP contribution in [0.3, 0.4) is 0 Å². The Morgan fingerprint density at radius 3 is 2.44 bits per heavy atom. The zero-order chi connectivity index (χ0) is 19.4. The zero-order valence-electron chi connectivity index (χ0n) is 15.2. The second-order valence-electron chi connectivity index (χ2n) is 5.72. The molecule has 0 N–H and O–H groups in total. The first-order valence-corrected chi connectivity index (χ1v) is 8.26. The van der Waals surface area contributed by atoms with E-state index in [1.165, 1.54) is 26.8 Å². The molecular formula is C19H18BN3O4. The fourth-order valence-electron chi connectivity index (χ4n) is 3.00. The summed E-state index contributed by atoms with van der Waals surface area (Å²) >= 11 is 0. The topological polar surface area (TPSA) is 82.2 Å². The fourth-order valence-corrected chi connectivity index (χ4v) is 3.00. The van der Waals surface area contributed by atoms with E-state index in [1.807, 2.05) is 18.2 Å². The third-order valence-electron chi connectivity index (χ3n) is 4.23. The van der Waals surface area contributed by atoms with Gasteiger partial charge in [0.2, 0.25) is 0 Å². The van der Waals surface area contributed by atoms with Gasteiger partial charge in [-0.3, -0.25) is 14.4 Å². The van der Waals surface area contributed by atoms with Gasteiger partial charge in [-0.15, -0.1) is 0 Å². The number of aromatic nitrogens is 1. The minimum atomic E-state index is -0.977. The van der Waals surface area contributed by atoms with Crippen molar-refractivity contribution in [2.45, 2.75) is 6.04 Å². The summed E-state index contributed by atoms with van der Waals surface area (Å²) < 4.78 is 11.9. The summed E-state index contributed by atoms with van der Waals surface area (Å²) in [6.45, 7) is 0. The fraction of sp³-hybridized carbons (Fsp3) is 0.158. The molecule has 0 aliphatic rings. The molecular weight excluding hydrogens is 345 g/mol. The molecule has 0 saturated carbocycles.